The van der Waals surface area contributed by atoms with Crippen molar-refractivity contribution in [3.63, 3.8) is 0 Å². The van der Waals surface area contributed by atoms with E-state index in [4.69, 9.17) is 18.9 Å². The number of hydrogen-bond donors (Lipinski definition) is 1. The molecule has 0 radical (unpaired) electrons. The molecule has 196 valence electrons. The van der Waals surface area contributed by atoms with Gasteiger partial charge in [0.2, 0.25) is 5.75 Å². The Morgan fingerprint density at radius 1 is 0.974 bits per heavy atom. The van der Waals surface area contributed by atoms with Crippen molar-refractivity contribution < 1.29 is 23.7 Å². The number of hydrogen-bond acceptors (Lipinski definition) is 9. The molecule has 12 heteroatoms. The van der Waals surface area contributed by atoms with Crippen LogP contribution >= 0.6 is 11.3 Å². The van der Waals surface area contributed by atoms with Gasteiger partial charge in [-0.25, -0.2) is 9.67 Å². The molecule has 5 rings (SSSR count). The van der Waals surface area contributed by atoms with Gasteiger partial charge in [-0.1, -0.05) is 5.21 Å². The van der Waals surface area contributed by atoms with Crippen LogP contribution in [-0.4, -0.2) is 58.7 Å². The molecule has 0 unspecified atom stereocenters. The van der Waals surface area contributed by atoms with E-state index in [1.807, 2.05) is 42.6 Å². The Bertz CT molecular complexity index is 1550. The molecule has 1 amide bonds. The average Bonchev–Trinajstić information content (AvgIpc) is 3.67. The fraction of sp³-hybridized carbons (Fsp3) is 0.231. The van der Waals surface area contributed by atoms with Gasteiger partial charge in [0.15, 0.2) is 16.5 Å². The van der Waals surface area contributed by atoms with Gasteiger partial charge in [-0.05, 0) is 42.0 Å². The Kier molecular flexibility index (Phi) is 7.13. The maximum atomic E-state index is 13.0. The van der Waals surface area contributed by atoms with Crippen LogP contribution < -0.4 is 24.3 Å². The molecule has 5 aromatic rings. The summed E-state index contributed by atoms with van der Waals surface area (Å²) in [6, 6.07) is 11.4. The minimum Gasteiger partial charge on any atom is -0.497 e. The lowest BCUT2D eigenvalue weighted by molar-refractivity contribution is 0.0945. The van der Waals surface area contributed by atoms with Crippen molar-refractivity contribution in [2.45, 2.75) is 13.1 Å². The van der Waals surface area contributed by atoms with E-state index in [-0.39, 0.29) is 12.5 Å². The largest absolute Gasteiger partial charge is 0.497 e. The molecule has 0 spiro atoms. The van der Waals surface area contributed by atoms with Crippen LogP contribution in [0.25, 0.3) is 16.2 Å². The number of thiazole rings is 1. The van der Waals surface area contributed by atoms with E-state index < -0.39 is 0 Å². The fourth-order valence-electron chi connectivity index (χ4n) is 4.02. The van der Waals surface area contributed by atoms with E-state index in [1.165, 1.54) is 11.3 Å². The number of methoxy groups -OCH3 is 4. The monoisotopic (exact) mass is 534 g/mol. The molecule has 11 nitrogen and oxygen atoms in total. The third-order valence-corrected chi connectivity index (χ3v) is 6.75. The Morgan fingerprint density at radius 3 is 2.37 bits per heavy atom. The van der Waals surface area contributed by atoms with Crippen LogP contribution in [0.2, 0.25) is 0 Å². The number of rotatable bonds is 10. The highest BCUT2D eigenvalue weighted by Gasteiger charge is 2.17. The predicted octanol–water partition coefficient (Wildman–Crippen LogP) is 3.67. The van der Waals surface area contributed by atoms with Crippen molar-refractivity contribution in [2.24, 2.45) is 0 Å². The molecule has 0 atom stereocenters. The molecule has 3 heterocycles. The second-order valence-electron chi connectivity index (χ2n) is 8.25. The third-order valence-electron chi connectivity index (χ3n) is 5.91. The first-order valence-corrected chi connectivity index (χ1v) is 12.5. The van der Waals surface area contributed by atoms with Gasteiger partial charge in [-0.2, -0.15) is 0 Å². The number of carbonyl (C=O) groups excluding carboxylic acids is 1. The summed E-state index contributed by atoms with van der Waals surface area (Å²) < 4.78 is 24.9. The van der Waals surface area contributed by atoms with Crippen LogP contribution in [0.5, 0.6) is 23.0 Å². The summed E-state index contributed by atoms with van der Waals surface area (Å²) in [6.45, 7) is 0.664. The number of fused-ring (bicyclic) bond motifs is 1. The second kappa shape index (κ2) is 10.8. The van der Waals surface area contributed by atoms with Gasteiger partial charge >= 0.3 is 0 Å². The first-order chi connectivity index (χ1) is 18.5. The first-order valence-electron chi connectivity index (χ1n) is 11.6. The van der Waals surface area contributed by atoms with Gasteiger partial charge in [-0.3, -0.25) is 9.20 Å². The summed E-state index contributed by atoms with van der Waals surface area (Å²) in [5.74, 6) is 2.19. The van der Waals surface area contributed by atoms with Crippen LogP contribution in [0, 0.1) is 0 Å². The Morgan fingerprint density at radius 2 is 1.71 bits per heavy atom. The Balaban J connectivity index is 1.25. The van der Waals surface area contributed by atoms with Crippen LogP contribution in [-0.2, 0) is 13.1 Å². The van der Waals surface area contributed by atoms with E-state index in [1.54, 1.807) is 49.1 Å². The molecule has 3 aromatic heterocycles. The quantitative estimate of drug-likeness (QED) is 0.289. The minimum absolute atomic E-state index is 0.228. The number of nitrogens with one attached hydrogen (secondary N) is 1. The first kappa shape index (κ1) is 25.1. The zero-order valence-electron chi connectivity index (χ0n) is 21.3. The molecule has 1 N–H and O–H groups in total. The summed E-state index contributed by atoms with van der Waals surface area (Å²) in [7, 11) is 6.33. The lowest BCUT2D eigenvalue weighted by Crippen LogP contribution is -2.24. The second-order valence-corrected chi connectivity index (χ2v) is 9.09. The normalized spacial score (nSPS) is 10.9. The Labute approximate surface area is 222 Å². The summed E-state index contributed by atoms with van der Waals surface area (Å²) >= 11 is 1.41. The van der Waals surface area contributed by atoms with E-state index in [0.717, 1.165) is 27.5 Å². The van der Waals surface area contributed by atoms with Crippen molar-refractivity contribution in [1.29, 1.82) is 0 Å². The maximum Gasteiger partial charge on any atom is 0.269 e. The molecule has 0 aliphatic carbocycles. The lowest BCUT2D eigenvalue weighted by atomic mass is 10.2. The van der Waals surface area contributed by atoms with Gasteiger partial charge in [-0.15, -0.1) is 16.4 Å². The van der Waals surface area contributed by atoms with Crippen molar-refractivity contribution >= 4 is 22.2 Å². The van der Waals surface area contributed by atoms with Crippen molar-refractivity contribution in [2.75, 3.05) is 28.4 Å². The number of carbonyl (C=O) groups is 1. The van der Waals surface area contributed by atoms with Crippen molar-refractivity contribution in [3.05, 3.63) is 71.1 Å². The van der Waals surface area contributed by atoms with E-state index in [9.17, 15) is 4.79 Å². The zero-order chi connectivity index (χ0) is 26.6. The summed E-state index contributed by atoms with van der Waals surface area (Å²) in [5.41, 5.74) is 3.75. The predicted molar refractivity (Wildman–Crippen MR) is 141 cm³/mol. The maximum absolute atomic E-state index is 13.0. The number of amides is 1. The molecular weight excluding hydrogens is 508 g/mol. The van der Waals surface area contributed by atoms with E-state index in [0.29, 0.717) is 35.2 Å². The average molecular weight is 535 g/mol. The molecule has 38 heavy (non-hydrogen) atoms. The number of aromatic nitrogens is 5. The third kappa shape index (κ3) is 4.98. The number of ether oxygens (including phenoxy) is 4. The van der Waals surface area contributed by atoms with Gasteiger partial charge in [0.05, 0.1) is 53.4 Å². The number of benzene rings is 2. The standard InChI is InChI=1S/C26H26N6O5S/c1-34-19-7-5-17(6-8-19)20-14-32-21(15-38-26(32)28-20)25(33)27-11-18-13-31(30-29-18)12-16-9-22(35-2)24(37-4)23(10-16)36-3/h5-10,13-15H,11-12H2,1-4H3,(H,27,33). The van der Waals surface area contributed by atoms with Crippen LogP contribution in [0.3, 0.4) is 0 Å². The highest BCUT2D eigenvalue weighted by Crippen LogP contribution is 2.38. The SMILES string of the molecule is COc1ccc(-c2cn3c(C(=O)NCc4cn(Cc5cc(OC)c(OC)c(OC)c5)nn4)csc3n2)cc1. The topological polar surface area (TPSA) is 114 Å². The minimum atomic E-state index is -0.228. The summed E-state index contributed by atoms with van der Waals surface area (Å²) in [4.78, 5) is 18.3. The molecule has 0 aliphatic rings. The molecular formula is C26H26N6O5S. The van der Waals surface area contributed by atoms with Crippen LogP contribution in [0.15, 0.2) is 54.2 Å². The molecule has 0 fully saturated rings. The molecule has 0 saturated carbocycles. The van der Waals surface area contributed by atoms with Crippen molar-refractivity contribution in [1.82, 2.24) is 29.7 Å². The zero-order valence-corrected chi connectivity index (χ0v) is 22.1. The number of imidazole rings is 1. The summed E-state index contributed by atoms with van der Waals surface area (Å²) in [6.07, 6.45) is 3.64. The fourth-order valence-corrected chi connectivity index (χ4v) is 4.87. The highest BCUT2D eigenvalue weighted by atomic mass is 32.1. The van der Waals surface area contributed by atoms with Gasteiger partial charge in [0, 0.05) is 17.1 Å². The highest BCUT2D eigenvalue weighted by molar-refractivity contribution is 7.15. The van der Waals surface area contributed by atoms with E-state index in [2.05, 4.69) is 20.6 Å². The van der Waals surface area contributed by atoms with Gasteiger partial charge in [0.1, 0.15) is 17.1 Å². The smallest absolute Gasteiger partial charge is 0.269 e. The molecule has 0 saturated heterocycles. The van der Waals surface area contributed by atoms with Crippen molar-refractivity contribution in [3.8, 4) is 34.3 Å². The van der Waals surface area contributed by atoms with Crippen LogP contribution in [0.1, 0.15) is 21.7 Å². The molecule has 0 aliphatic heterocycles. The van der Waals surface area contributed by atoms with Crippen LogP contribution in [0.4, 0.5) is 0 Å². The number of nitrogens with zero attached hydrogens (tertiary/aromatic N) is 5. The van der Waals surface area contributed by atoms with Gasteiger partial charge < -0.3 is 24.3 Å². The summed E-state index contributed by atoms with van der Waals surface area (Å²) in [5, 5.41) is 13.1. The molecule has 2 aromatic carbocycles. The van der Waals surface area contributed by atoms with Gasteiger partial charge in [0.25, 0.3) is 5.91 Å². The lowest BCUT2D eigenvalue weighted by Gasteiger charge is -2.14. The molecule has 0 bridgehead atoms. The Hall–Kier alpha value is -4.58. The van der Waals surface area contributed by atoms with E-state index >= 15 is 0 Å².